The number of rotatable bonds is 4. The van der Waals surface area contributed by atoms with Crippen LogP contribution in [-0.4, -0.2) is 0 Å². The molecule has 1 unspecified atom stereocenters. The topological polar surface area (TPSA) is 0 Å². The summed E-state index contributed by atoms with van der Waals surface area (Å²) in [7, 11) is 0. The molecule has 2 aliphatic carbocycles. The predicted octanol–water partition coefficient (Wildman–Crippen LogP) is 8.04. The molecular formula is C26H32F2. The van der Waals surface area contributed by atoms with E-state index in [2.05, 4.69) is 6.92 Å². The van der Waals surface area contributed by atoms with E-state index in [1.807, 2.05) is 19.1 Å². The van der Waals surface area contributed by atoms with E-state index in [9.17, 15) is 8.78 Å². The highest BCUT2D eigenvalue weighted by Crippen LogP contribution is 2.48. The molecule has 4 atom stereocenters. The van der Waals surface area contributed by atoms with Crippen LogP contribution in [0.4, 0.5) is 8.78 Å². The Labute approximate surface area is 168 Å². The fraction of sp³-hybridized carbons (Fsp3) is 0.538. The Morgan fingerprint density at radius 3 is 2.18 bits per heavy atom. The molecule has 2 heteroatoms. The van der Waals surface area contributed by atoms with Crippen molar-refractivity contribution in [2.45, 2.75) is 71.1 Å². The lowest BCUT2D eigenvalue weighted by atomic mass is 9.63. The monoisotopic (exact) mass is 382 g/mol. The first-order valence-electron chi connectivity index (χ1n) is 11.1. The minimum Gasteiger partial charge on any atom is -0.206 e. The Balaban J connectivity index is 1.51. The molecular weight excluding hydrogens is 350 g/mol. The van der Waals surface area contributed by atoms with Crippen molar-refractivity contribution in [3.05, 3.63) is 59.2 Å². The van der Waals surface area contributed by atoms with Gasteiger partial charge in [-0.15, -0.1) is 0 Å². The van der Waals surface area contributed by atoms with Gasteiger partial charge in [0.15, 0.2) is 0 Å². The molecule has 150 valence electrons. The molecule has 0 radical (unpaired) electrons. The third-order valence-electron chi connectivity index (χ3n) is 7.29. The first-order valence-corrected chi connectivity index (χ1v) is 11.1. The molecule has 0 spiro atoms. The Bertz CT molecular complexity index is 785. The van der Waals surface area contributed by atoms with Crippen molar-refractivity contribution in [3.63, 3.8) is 0 Å². The number of hydrogen-bond acceptors (Lipinski definition) is 0. The molecule has 0 bridgehead atoms. The van der Waals surface area contributed by atoms with Crippen LogP contribution in [0.3, 0.4) is 0 Å². The maximum atomic E-state index is 14.9. The summed E-state index contributed by atoms with van der Waals surface area (Å²) < 4.78 is 29.8. The molecule has 2 aromatic rings. The lowest BCUT2D eigenvalue weighted by Gasteiger charge is -2.42. The van der Waals surface area contributed by atoms with Gasteiger partial charge in [-0.25, -0.2) is 8.78 Å². The van der Waals surface area contributed by atoms with Crippen molar-refractivity contribution in [1.29, 1.82) is 0 Å². The normalized spacial score (nSPS) is 27.4. The van der Waals surface area contributed by atoms with Crippen molar-refractivity contribution < 1.29 is 8.78 Å². The van der Waals surface area contributed by atoms with E-state index in [4.69, 9.17) is 0 Å². The van der Waals surface area contributed by atoms with Gasteiger partial charge in [-0.2, -0.15) is 0 Å². The van der Waals surface area contributed by atoms with Gasteiger partial charge in [-0.1, -0.05) is 56.0 Å². The van der Waals surface area contributed by atoms with Crippen LogP contribution in [0.1, 0.15) is 75.3 Å². The second-order valence-electron chi connectivity index (χ2n) is 9.22. The maximum absolute atomic E-state index is 14.9. The molecule has 2 aromatic carbocycles. The number of aryl methyl sites for hydroxylation is 1. The Hall–Kier alpha value is -1.70. The summed E-state index contributed by atoms with van der Waals surface area (Å²) in [6.07, 6.45) is 10.1. The number of fused-ring (bicyclic) bond motifs is 1. The molecule has 4 rings (SSSR count). The summed E-state index contributed by atoms with van der Waals surface area (Å²) in [5, 5.41) is 0. The summed E-state index contributed by atoms with van der Waals surface area (Å²) in [6, 6.07) is 10.6. The minimum atomic E-state index is -0.423. The van der Waals surface area contributed by atoms with Gasteiger partial charge in [0.2, 0.25) is 0 Å². The largest absolute Gasteiger partial charge is 0.206 e. The summed E-state index contributed by atoms with van der Waals surface area (Å²) in [5.74, 6) is 1.95. The minimum absolute atomic E-state index is 0.109. The van der Waals surface area contributed by atoms with Gasteiger partial charge in [0.25, 0.3) is 0 Å². The first kappa shape index (κ1) is 19.6. The second-order valence-corrected chi connectivity index (χ2v) is 9.22. The van der Waals surface area contributed by atoms with Gasteiger partial charge in [-0.05, 0) is 86.0 Å². The summed E-state index contributed by atoms with van der Waals surface area (Å²) >= 11 is 0. The predicted molar refractivity (Wildman–Crippen MR) is 112 cm³/mol. The molecule has 2 saturated carbocycles. The number of hydrogen-bond donors (Lipinski definition) is 0. The van der Waals surface area contributed by atoms with Gasteiger partial charge >= 0.3 is 0 Å². The molecule has 0 amide bonds. The van der Waals surface area contributed by atoms with Crippen LogP contribution in [-0.2, 0) is 0 Å². The van der Waals surface area contributed by atoms with Crippen LogP contribution in [0.2, 0.25) is 0 Å². The van der Waals surface area contributed by atoms with Crippen LogP contribution in [0.25, 0.3) is 11.1 Å². The van der Waals surface area contributed by atoms with Gasteiger partial charge in [-0.3, -0.25) is 0 Å². The number of benzene rings is 2. The SMILES string of the molecule is CCCC1CC[C@@H]2C[C@H](c3cc(F)c(-c4ccc(C)cc4)c(F)c3)CC[C@@H]2C1. The van der Waals surface area contributed by atoms with Crippen LogP contribution in [0, 0.1) is 36.3 Å². The molecule has 28 heavy (non-hydrogen) atoms. The molecule has 2 fully saturated rings. The highest BCUT2D eigenvalue weighted by Gasteiger charge is 2.36. The van der Waals surface area contributed by atoms with Crippen LogP contribution in [0.5, 0.6) is 0 Å². The zero-order chi connectivity index (χ0) is 19.7. The van der Waals surface area contributed by atoms with E-state index in [-0.39, 0.29) is 5.56 Å². The van der Waals surface area contributed by atoms with Crippen LogP contribution < -0.4 is 0 Å². The third kappa shape index (κ3) is 4.02. The quantitative estimate of drug-likeness (QED) is 0.502. The average molecular weight is 383 g/mol. The van der Waals surface area contributed by atoms with Gasteiger partial charge in [0.05, 0.1) is 5.56 Å². The maximum Gasteiger partial charge on any atom is 0.134 e. The van der Waals surface area contributed by atoms with E-state index in [1.54, 1.807) is 24.3 Å². The van der Waals surface area contributed by atoms with E-state index in [0.717, 1.165) is 41.7 Å². The van der Waals surface area contributed by atoms with Crippen molar-refractivity contribution in [2.24, 2.45) is 17.8 Å². The number of halogens is 2. The summed E-state index contributed by atoms with van der Waals surface area (Å²) in [5.41, 5.74) is 2.68. The molecule has 0 N–H and O–H groups in total. The van der Waals surface area contributed by atoms with Crippen molar-refractivity contribution in [1.82, 2.24) is 0 Å². The standard InChI is InChI=1S/C26H32F2/c1-3-4-18-7-10-21-14-22(12-11-20(21)13-18)23-15-24(27)26(25(28)16-23)19-8-5-17(2)6-9-19/h5-6,8-9,15-16,18,20-22H,3-4,7,10-14H2,1-2H3/t18?,20-,21-,22-/m1/s1. The molecule has 2 aliphatic rings. The smallest absolute Gasteiger partial charge is 0.134 e. The van der Waals surface area contributed by atoms with E-state index >= 15 is 0 Å². The Morgan fingerprint density at radius 2 is 1.50 bits per heavy atom. The fourth-order valence-corrected chi connectivity index (χ4v) is 5.78. The lowest BCUT2D eigenvalue weighted by molar-refractivity contribution is 0.114. The van der Waals surface area contributed by atoms with Crippen LogP contribution >= 0.6 is 0 Å². The zero-order valence-electron chi connectivity index (χ0n) is 17.2. The highest BCUT2D eigenvalue weighted by atomic mass is 19.1. The molecule has 0 saturated heterocycles. The Morgan fingerprint density at radius 1 is 0.857 bits per heavy atom. The summed E-state index contributed by atoms with van der Waals surface area (Å²) in [4.78, 5) is 0. The molecule has 0 heterocycles. The highest BCUT2D eigenvalue weighted by molar-refractivity contribution is 5.65. The second kappa shape index (κ2) is 8.35. The van der Waals surface area contributed by atoms with E-state index in [0.29, 0.717) is 11.5 Å². The zero-order valence-corrected chi connectivity index (χ0v) is 17.2. The Kier molecular flexibility index (Phi) is 5.85. The van der Waals surface area contributed by atoms with Gasteiger partial charge in [0.1, 0.15) is 11.6 Å². The first-order chi connectivity index (χ1) is 13.5. The van der Waals surface area contributed by atoms with E-state index in [1.165, 1.54) is 38.5 Å². The summed E-state index contributed by atoms with van der Waals surface area (Å²) in [6.45, 7) is 4.26. The van der Waals surface area contributed by atoms with Gasteiger partial charge in [0, 0.05) is 0 Å². The average Bonchev–Trinajstić information content (AvgIpc) is 2.68. The fourth-order valence-electron chi connectivity index (χ4n) is 5.78. The van der Waals surface area contributed by atoms with E-state index < -0.39 is 11.6 Å². The van der Waals surface area contributed by atoms with Crippen LogP contribution in [0.15, 0.2) is 36.4 Å². The molecule has 0 aliphatic heterocycles. The molecule has 0 nitrogen and oxygen atoms in total. The van der Waals surface area contributed by atoms with Gasteiger partial charge < -0.3 is 0 Å². The van der Waals surface area contributed by atoms with Crippen molar-refractivity contribution in [2.75, 3.05) is 0 Å². The van der Waals surface area contributed by atoms with Crippen molar-refractivity contribution >= 4 is 0 Å². The lowest BCUT2D eigenvalue weighted by Crippen LogP contribution is -2.30. The van der Waals surface area contributed by atoms with Crippen molar-refractivity contribution in [3.8, 4) is 11.1 Å². The third-order valence-corrected chi connectivity index (χ3v) is 7.29. The molecule has 0 aromatic heterocycles.